The molecule has 34 heavy (non-hydrogen) atoms. The smallest absolute Gasteiger partial charge is 0.339 e. The van der Waals surface area contributed by atoms with Crippen molar-refractivity contribution in [1.29, 1.82) is 5.26 Å². The summed E-state index contributed by atoms with van der Waals surface area (Å²) in [6.45, 7) is 1.87. The Kier molecular flexibility index (Phi) is 7.79. The number of carbonyl (C=O) groups is 1. The quantitative estimate of drug-likeness (QED) is 0.198. The van der Waals surface area contributed by atoms with E-state index in [4.69, 9.17) is 20.5 Å². The summed E-state index contributed by atoms with van der Waals surface area (Å²) in [7, 11) is -4.18. The number of halogens is 1. The first-order chi connectivity index (χ1) is 16.2. The molecule has 0 heterocycles. The van der Waals surface area contributed by atoms with Gasteiger partial charge in [0.1, 0.15) is 22.3 Å². The lowest BCUT2D eigenvalue weighted by Gasteiger charge is -2.14. The monoisotopic (exact) mass is 498 g/mol. The zero-order valence-corrected chi connectivity index (χ0v) is 19.4. The van der Waals surface area contributed by atoms with Crippen LogP contribution in [0.3, 0.4) is 0 Å². The molecular weight excluding hydrogens is 480 g/mol. The van der Waals surface area contributed by atoms with E-state index in [-0.39, 0.29) is 39.3 Å². The molecule has 0 radical (unpaired) electrons. The lowest BCUT2D eigenvalue weighted by atomic mass is 10.1. The van der Waals surface area contributed by atoms with Gasteiger partial charge in [0.05, 0.1) is 11.6 Å². The Morgan fingerprint density at radius 1 is 1.15 bits per heavy atom. The van der Waals surface area contributed by atoms with Gasteiger partial charge in [-0.3, -0.25) is 4.79 Å². The van der Waals surface area contributed by atoms with E-state index in [9.17, 15) is 23.6 Å². The molecule has 0 atom stereocenters. The van der Waals surface area contributed by atoms with Crippen molar-refractivity contribution in [3.8, 4) is 23.3 Å². The number of rotatable bonds is 8. The van der Waals surface area contributed by atoms with Crippen LogP contribution in [-0.4, -0.2) is 26.0 Å². The fourth-order valence-electron chi connectivity index (χ4n) is 2.82. The molecule has 0 aliphatic carbocycles. The molecule has 0 aliphatic rings. The molecule has 0 saturated carbocycles. The number of amides is 1. The summed E-state index contributed by atoms with van der Waals surface area (Å²) in [6, 6.07) is 17.9. The molecular formula is C24H19ClN2O6S. The number of carbonyl (C=O) groups excluding carboxylic acids is 1. The van der Waals surface area contributed by atoms with Gasteiger partial charge in [0.15, 0.2) is 5.75 Å². The maximum atomic E-state index is 12.6. The minimum atomic E-state index is -4.18. The number of phenols is 1. The van der Waals surface area contributed by atoms with Crippen LogP contribution in [0, 0.1) is 11.3 Å². The third-order valence-electron chi connectivity index (χ3n) is 4.36. The zero-order valence-electron chi connectivity index (χ0n) is 17.9. The predicted octanol–water partition coefficient (Wildman–Crippen LogP) is 4.76. The number of anilines is 1. The minimum absolute atomic E-state index is 0.0250. The lowest BCUT2D eigenvalue weighted by molar-refractivity contribution is -0.112. The van der Waals surface area contributed by atoms with E-state index in [2.05, 4.69) is 5.32 Å². The van der Waals surface area contributed by atoms with Gasteiger partial charge < -0.3 is 19.3 Å². The second kappa shape index (κ2) is 10.7. The third kappa shape index (κ3) is 6.07. The van der Waals surface area contributed by atoms with Gasteiger partial charge in [0.25, 0.3) is 5.91 Å². The summed E-state index contributed by atoms with van der Waals surface area (Å²) in [5.41, 5.74) is 0.458. The largest absolute Gasteiger partial charge is 0.508 e. The molecule has 0 aromatic heterocycles. The van der Waals surface area contributed by atoms with E-state index in [1.54, 1.807) is 25.1 Å². The predicted molar refractivity (Wildman–Crippen MR) is 127 cm³/mol. The van der Waals surface area contributed by atoms with Crippen LogP contribution in [0.4, 0.5) is 5.69 Å². The van der Waals surface area contributed by atoms with Crippen LogP contribution in [0.25, 0.3) is 6.08 Å². The van der Waals surface area contributed by atoms with E-state index in [0.717, 1.165) is 0 Å². The molecule has 2 N–H and O–H groups in total. The molecule has 8 nitrogen and oxygen atoms in total. The Morgan fingerprint density at radius 2 is 1.82 bits per heavy atom. The maximum Gasteiger partial charge on any atom is 0.339 e. The van der Waals surface area contributed by atoms with Crippen molar-refractivity contribution in [1.82, 2.24) is 0 Å². The molecule has 0 unspecified atom stereocenters. The number of nitriles is 1. The summed E-state index contributed by atoms with van der Waals surface area (Å²) in [5.74, 6) is -0.841. The van der Waals surface area contributed by atoms with Gasteiger partial charge in [-0.25, -0.2) is 0 Å². The summed E-state index contributed by atoms with van der Waals surface area (Å²) >= 11 is 6.31. The van der Waals surface area contributed by atoms with Crippen LogP contribution in [0.5, 0.6) is 17.2 Å². The van der Waals surface area contributed by atoms with Gasteiger partial charge in [-0.1, -0.05) is 29.8 Å². The minimum Gasteiger partial charge on any atom is -0.508 e. The highest BCUT2D eigenvalue weighted by molar-refractivity contribution is 7.87. The number of hydrogen-bond acceptors (Lipinski definition) is 7. The van der Waals surface area contributed by atoms with Gasteiger partial charge >= 0.3 is 10.1 Å². The number of nitrogens with zero attached hydrogens (tertiary/aromatic N) is 1. The number of ether oxygens (including phenoxy) is 1. The fraction of sp³-hybridized carbons (Fsp3) is 0.0833. The highest BCUT2D eigenvalue weighted by atomic mass is 35.5. The van der Waals surface area contributed by atoms with Crippen LogP contribution < -0.4 is 14.2 Å². The first-order valence-corrected chi connectivity index (χ1v) is 11.7. The normalized spacial score (nSPS) is 11.4. The van der Waals surface area contributed by atoms with Crippen LogP contribution in [0.1, 0.15) is 12.5 Å². The van der Waals surface area contributed by atoms with E-state index < -0.39 is 16.0 Å². The number of aromatic hydroxyl groups is 1. The molecule has 0 spiro atoms. The van der Waals surface area contributed by atoms with Gasteiger partial charge in [-0.15, -0.1) is 0 Å². The van der Waals surface area contributed by atoms with Gasteiger partial charge in [-0.2, -0.15) is 13.7 Å². The van der Waals surface area contributed by atoms with Crippen molar-refractivity contribution >= 4 is 39.4 Å². The second-order valence-corrected chi connectivity index (χ2v) is 8.74. The molecule has 1 amide bonds. The molecule has 3 aromatic carbocycles. The highest BCUT2D eigenvalue weighted by Gasteiger charge is 2.22. The van der Waals surface area contributed by atoms with Crippen LogP contribution in [0.2, 0.25) is 5.02 Å². The Balaban J connectivity index is 1.93. The topological polar surface area (TPSA) is 126 Å². The molecule has 10 heteroatoms. The summed E-state index contributed by atoms with van der Waals surface area (Å²) in [5, 5.41) is 21.3. The average molecular weight is 499 g/mol. The number of phenolic OH excluding ortho intramolecular Hbond substituents is 1. The Morgan fingerprint density at radius 3 is 2.44 bits per heavy atom. The molecule has 0 bridgehead atoms. The third-order valence-corrected chi connectivity index (χ3v) is 5.87. The van der Waals surface area contributed by atoms with Gasteiger partial charge in [-0.05, 0) is 67.1 Å². The molecule has 0 saturated heterocycles. The van der Waals surface area contributed by atoms with Gasteiger partial charge in [0, 0.05) is 5.69 Å². The molecule has 0 fully saturated rings. The van der Waals surface area contributed by atoms with Crippen molar-refractivity contribution in [3.63, 3.8) is 0 Å². The van der Waals surface area contributed by atoms with E-state index in [1.807, 2.05) is 6.07 Å². The molecule has 3 rings (SSSR count). The van der Waals surface area contributed by atoms with Crippen LogP contribution >= 0.6 is 11.6 Å². The Hall–Kier alpha value is -4.00. The van der Waals surface area contributed by atoms with E-state index in [0.29, 0.717) is 11.3 Å². The van der Waals surface area contributed by atoms with Crippen molar-refractivity contribution in [2.75, 3.05) is 11.9 Å². The molecule has 174 valence electrons. The number of benzene rings is 3. The summed E-state index contributed by atoms with van der Waals surface area (Å²) < 4.78 is 36.1. The van der Waals surface area contributed by atoms with Crippen LogP contribution in [0.15, 0.2) is 77.2 Å². The Labute approximate surface area is 201 Å². The van der Waals surface area contributed by atoms with E-state index >= 15 is 0 Å². The number of hydrogen-bond donors (Lipinski definition) is 2. The first-order valence-electron chi connectivity index (χ1n) is 9.91. The van der Waals surface area contributed by atoms with Crippen molar-refractivity contribution in [2.24, 2.45) is 0 Å². The average Bonchev–Trinajstić information content (AvgIpc) is 2.82. The molecule has 0 aliphatic heterocycles. The second-order valence-electron chi connectivity index (χ2n) is 6.78. The van der Waals surface area contributed by atoms with Crippen LogP contribution in [-0.2, 0) is 14.9 Å². The van der Waals surface area contributed by atoms with E-state index in [1.165, 1.54) is 54.6 Å². The van der Waals surface area contributed by atoms with Crippen molar-refractivity contribution < 1.29 is 27.2 Å². The Bertz CT molecular complexity index is 1370. The standard InChI is InChI=1S/C24H19ClN2O6S/c1-2-32-22-14-16(12-17(15-26)24(29)27-18-8-10-19(28)11-9-18)13-21(25)23(22)33-34(30,31)20-6-4-3-5-7-20/h3-14,28H,2H2,1H3,(H,27,29)/b17-12+. The van der Waals surface area contributed by atoms with Crippen molar-refractivity contribution in [3.05, 3.63) is 82.9 Å². The first kappa shape index (κ1) is 24.6. The summed E-state index contributed by atoms with van der Waals surface area (Å²) in [6.07, 6.45) is 1.28. The SMILES string of the molecule is CCOc1cc(/C=C(\C#N)C(=O)Nc2ccc(O)cc2)cc(Cl)c1OS(=O)(=O)c1ccccc1. The zero-order chi connectivity index (χ0) is 24.7. The maximum absolute atomic E-state index is 12.6. The fourth-order valence-corrected chi connectivity index (χ4v) is 4.10. The lowest BCUT2D eigenvalue weighted by Crippen LogP contribution is -2.13. The summed E-state index contributed by atoms with van der Waals surface area (Å²) in [4.78, 5) is 12.4. The highest BCUT2D eigenvalue weighted by Crippen LogP contribution is 2.39. The van der Waals surface area contributed by atoms with Gasteiger partial charge in [0.2, 0.25) is 5.75 Å². The van der Waals surface area contributed by atoms with Crippen molar-refractivity contribution in [2.45, 2.75) is 11.8 Å². The number of nitrogens with one attached hydrogen (secondary N) is 1. The molecule has 3 aromatic rings.